The van der Waals surface area contributed by atoms with E-state index in [1.807, 2.05) is 6.26 Å². The lowest BCUT2D eigenvalue weighted by Crippen LogP contribution is -2.63. The van der Waals surface area contributed by atoms with Gasteiger partial charge in [-0.05, 0) is 36.8 Å². The van der Waals surface area contributed by atoms with Crippen molar-refractivity contribution in [3.05, 3.63) is 35.9 Å². The van der Waals surface area contributed by atoms with E-state index in [0.29, 0.717) is 30.6 Å². The second-order valence-corrected chi connectivity index (χ2v) is 8.52. The molecular formula is C21H29N3O5S. The Kier molecular flexibility index (Phi) is 8.86. The largest absolute Gasteiger partial charge is 0.480 e. The Hall–Kier alpha value is -2.39. The molecule has 8 nitrogen and oxygen atoms in total. The predicted octanol–water partition coefficient (Wildman–Crippen LogP) is 1.18. The second-order valence-electron chi connectivity index (χ2n) is 7.54. The number of imide groups is 1. The van der Waals surface area contributed by atoms with Crippen molar-refractivity contribution in [3.8, 4) is 0 Å². The van der Waals surface area contributed by atoms with Crippen molar-refractivity contribution in [2.75, 3.05) is 12.0 Å². The third kappa shape index (κ3) is 5.82. The Bertz CT molecular complexity index is 752. The zero-order valence-corrected chi connectivity index (χ0v) is 17.9. The number of amides is 3. The van der Waals surface area contributed by atoms with Gasteiger partial charge < -0.3 is 16.2 Å². The van der Waals surface area contributed by atoms with Gasteiger partial charge >= 0.3 is 5.97 Å². The fraction of sp³-hybridized carbons (Fsp3) is 0.524. The lowest BCUT2D eigenvalue weighted by atomic mass is 9.94. The highest BCUT2D eigenvalue weighted by Crippen LogP contribution is 2.30. The van der Waals surface area contributed by atoms with Crippen molar-refractivity contribution < 1.29 is 24.3 Å². The Labute approximate surface area is 180 Å². The fourth-order valence-corrected chi connectivity index (χ4v) is 4.22. The molecule has 3 amide bonds. The van der Waals surface area contributed by atoms with Crippen LogP contribution >= 0.6 is 11.8 Å². The molecule has 0 aromatic heterocycles. The van der Waals surface area contributed by atoms with E-state index in [1.54, 1.807) is 30.3 Å². The van der Waals surface area contributed by atoms with Gasteiger partial charge in [0, 0.05) is 6.42 Å². The summed E-state index contributed by atoms with van der Waals surface area (Å²) in [6.45, 7) is 0. The number of nitrogens with two attached hydrogens (primary N) is 1. The molecule has 2 rings (SSSR count). The maximum absolute atomic E-state index is 13.4. The molecule has 9 heteroatoms. The van der Waals surface area contributed by atoms with Gasteiger partial charge in [-0.25, -0.2) is 4.79 Å². The maximum atomic E-state index is 13.4. The minimum Gasteiger partial charge on any atom is -0.480 e. The lowest BCUT2D eigenvalue weighted by Gasteiger charge is -2.35. The Morgan fingerprint density at radius 1 is 1.27 bits per heavy atom. The number of rotatable bonds is 11. The van der Waals surface area contributed by atoms with Gasteiger partial charge in [0.1, 0.15) is 12.1 Å². The van der Waals surface area contributed by atoms with Gasteiger partial charge in [0.05, 0.1) is 5.54 Å². The highest BCUT2D eigenvalue weighted by molar-refractivity contribution is 7.98. The zero-order valence-electron chi connectivity index (χ0n) is 17.1. The van der Waals surface area contributed by atoms with Crippen molar-refractivity contribution in [3.63, 3.8) is 0 Å². The molecule has 0 unspecified atom stereocenters. The van der Waals surface area contributed by atoms with Crippen LogP contribution in [0, 0.1) is 0 Å². The van der Waals surface area contributed by atoms with Gasteiger partial charge in [-0.3, -0.25) is 19.3 Å². The SMILES string of the molecule is CSCC[C@H](NC=O)C(=O)N(C(=O)C1(N)CCCC1)[C@@H](Cc1ccccc1)C(=O)O. The molecule has 0 saturated heterocycles. The highest BCUT2D eigenvalue weighted by Gasteiger charge is 2.47. The number of carboxylic acid groups (broad SMARTS) is 1. The minimum absolute atomic E-state index is 0.0416. The van der Waals surface area contributed by atoms with E-state index in [2.05, 4.69) is 5.32 Å². The van der Waals surface area contributed by atoms with Crippen molar-refractivity contribution >= 4 is 36.0 Å². The first kappa shape index (κ1) is 23.9. The molecule has 4 N–H and O–H groups in total. The number of hydrogen-bond donors (Lipinski definition) is 3. The highest BCUT2D eigenvalue weighted by atomic mass is 32.2. The van der Waals surface area contributed by atoms with Crippen LogP contribution in [0.15, 0.2) is 30.3 Å². The molecule has 0 heterocycles. The fourth-order valence-electron chi connectivity index (χ4n) is 3.75. The van der Waals surface area contributed by atoms with Gasteiger partial charge in [-0.2, -0.15) is 11.8 Å². The number of thioether (sulfide) groups is 1. The molecule has 1 aliphatic rings. The quantitative estimate of drug-likeness (QED) is 0.445. The molecule has 0 radical (unpaired) electrons. The number of carbonyl (C=O) groups is 4. The zero-order chi connectivity index (χ0) is 22.1. The number of nitrogens with zero attached hydrogens (tertiary/aromatic N) is 1. The van der Waals surface area contributed by atoms with Crippen LogP contribution in [-0.4, -0.2) is 63.8 Å². The number of benzene rings is 1. The first-order valence-corrected chi connectivity index (χ1v) is 11.3. The summed E-state index contributed by atoms with van der Waals surface area (Å²) in [4.78, 5) is 50.8. The van der Waals surface area contributed by atoms with Gasteiger partial charge in [-0.1, -0.05) is 43.2 Å². The van der Waals surface area contributed by atoms with Crippen LogP contribution in [0.2, 0.25) is 0 Å². The van der Waals surface area contributed by atoms with Crippen LogP contribution < -0.4 is 11.1 Å². The number of hydrogen-bond acceptors (Lipinski definition) is 6. The standard InChI is InChI=1S/C21H29N3O5S/c1-30-12-9-16(23-14-25)18(26)24(20(29)21(22)10-5-6-11-21)17(19(27)28)13-15-7-3-2-4-8-15/h2-4,7-8,14,16-17H,5-6,9-13,22H2,1H3,(H,23,25)(H,27,28)/t16-,17-/m0/s1. The van der Waals surface area contributed by atoms with Crippen molar-refractivity contribution in [1.29, 1.82) is 0 Å². The van der Waals surface area contributed by atoms with Crippen LogP contribution in [0.4, 0.5) is 0 Å². The van der Waals surface area contributed by atoms with Crippen molar-refractivity contribution in [2.24, 2.45) is 5.73 Å². The average Bonchev–Trinajstić information content (AvgIpc) is 3.18. The van der Waals surface area contributed by atoms with E-state index >= 15 is 0 Å². The number of nitrogens with one attached hydrogen (secondary N) is 1. The maximum Gasteiger partial charge on any atom is 0.327 e. The molecule has 1 aliphatic carbocycles. The Balaban J connectivity index is 2.44. The lowest BCUT2D eigenvalue weighted by molar-refractivity contribution is -0.161. The molecule has 164 valence electrons. The second kappa shape index (κ2) is 11.1. The van der Waals surface area contributed by atoms with E-state index in [1.165, 1.54) is 11.8 Å². The number of carbonyl (C=O) groups excluding carboxylic acids is 3. The van der Waals surface area contributed by atoms with E-state index in [4.69, 9.17) is 5.73 Å². The molecule has 1 fully saturated rings. The van der Waals surface area contributed by atoms with E-state index in [9.17, 15) is 24.3 Å². The first-order valence-electron chi connectivity index (χ1n) is 9.96. The van der Waals surface area contributed by atoms with Crippen LogP contribution in [0.25, 0.3) is 0 Å². The molecule has 0 aliphatic heterocycles. The van der Waals surface area contributed by atoms with Gasteiger partial charge in [-0.15, -0.1) is 0 Å². The summed E-state index contributed by atoms with van der Waals surface area (Å²) in [6, 6.07) is 6.39. The summed E-state index contributed by atoms with van der Waals surface area (Å²) >= 11 is 1.48. The molecule has 2 atom stereocenters. The molecule has 30 heavy (non-hydrogen) atoms. The van der Waals surface area contributed by atoms with Gasteiger partial charge in [0.15, 0.2) is 0 Å². The third-order valence-electron chi connectivity index (χ3n) is 5.42. The summed E-state index contributed by atoms with van der Waals surface area (Å²) in [5, 5.41) is 12.4. The van der Waals surface area contributed by atoms with E-state index < -0.39 is 35.4 Å². The van der Waals surface area contributed by atoms with Crippen LogP contribution in [-0.2, 0) is 25.6 Å². The summed E-state index contributed by atoms with van der Waals surface area (Å²) in [6.07, 6.45) is 4.75. The molecule has 1 saturated carbocycles. The Morgan fingerprint density at radius 3 is 2.43 bits per heavy atom. The number of aliphatic carboxylic acids is 1. The summed E-state index contributed by atoms with van der Waals surface area (Å²) in [5.41, 5.74) is 5.72. The summed E-state index contributed by atoms with van der Waals surface area (Å²) in [5.74, 6) is -2.16. The first-order chi connectivity index (χ1) is 14.3. The van der Waals surface area contributed by atoms with Crippen LogP contribution in [0.5, 0.6) is 0 Å². The van der Waals surface area contributed by atoms with Crippen molar-refractivity contribution in [2.45, 2.75) is 56.1 Å². The van der Waals surface area contributed by atoms with E-state index in [-0.39, 0.29) is 12.8 Å². The monoisotopic (exact) mass is 435 g/mol. The predicted molar refractivity (Wildman–Crippen MR) is 115 cm³/mol. The van der Waals surface area contributed by atoms with Gasteiger partial charge in [0.2, 0.25) is 12.3 Å². The summed E-state index contributed by atoms with van der Waals surface area (Å²) < 4.78 is 0. The van der Waals surface area contributed by atoms with Crippen molar-refractivity contribution in [1.82, 2.24) is 10.2 Å². The minimum atomic E-state index is -1.42. The number of carboxylic acids is 1. The van der Waals surface area contributed by atoms with E-state index in [0.717, 1.165) is 17.7 Å². The molecule has 1 aromatic carbocycles. The normalized spacial score (nSPS) is 17.0. The molecule has 1 aromatic rings. The third-order valence-corrected chi connectivity index (χ3v) is 6.07. The molecule has 0 spiro atoms. The summed E-state index contributed by atoms with van der Waals surface area (Å²) in [7, 11) is 0. The average molecular weight is 436 g/mol. The molecular weight excluding hydrogens is 406 g/mol. The molecule has 0 bridgehead atoms. The topological polar surface area (TPSA) is 130 Å². The Morgan fingerprint density at radius 2 is 1.90 bits per heavy atom. The van der Waals surface area contributed by atoms with Crippen LogP contribution in [0.3, 0.4) is 0 Å². The smallest absolute Gasteiger partial charge is 0.327 e. The van der Waals surface area contributed by atoms with Crippen LogP contribution in [0.1, 0.15) is 37.7 Å². The van der Waals surface area contributed by atoms with Gasteiger partial charge in [0.25, 0.3) is 5.91 Å².